The Morgan fingerprint density at radius 3 is 2.85 bits per heavy atom. The van der Waals surface area contributed by atoms with Gasteiger partial charge in [0.15, 0.2) is 0 Å². The number of methoxy groups -OCH3 is 1. The van der Waals surface area contributed by atoms with E-state index < -0.39 is 0 Å². The molecule has 1 saturated heterocycles. The molecule has 140 valence electrons. The number of carbonyl (C=O) groups excluding carboxylic acids is 1. The highest BCUT2D eigenvalue weighted by molar-refractivity contribution is 5.94. The highest BCUT2D eigenvalue weighted by Gasteiger charge is 2.26. The Labute approximate surface area is 155 Å². The van der Waals surface area contributed by atoms with Gasteiger partial charge in [-0.2, -0.15) is 0 Å². The van der Waals surface area contributed by atoms with E-state index in [2.05, 4.69) is 21.5 Å². The summed E-state index contributed by atoms with van der Waals surface area (Å²) in [7, 11) is 1.72. The number of aryl methyl sites for hydroxylation is 2. The molecule has 6 nitrogen and oxygen atoms in total. The minimum absolute atomic E-state index is 0.0844. The second-order valence-electron chi connectivity index (χ2n) is 7.11. The summed E-state index contributed by atoms with van der Waals surface area (Å²) in [5.41, 5.74) is 2.76. The number of imidazole rings is 1. The number of piperidine rings is 1. The van der Waals surface area contributed by atoms with Crippen LogP contribution in [0.25, 0.3) is 0 Å². The molecular formula is C20H28N4O2. The highest BCUT2D eigenvalue weighted by atomic mass is 16.5. The van der Waals surface area contributed by atoms with Crippen molar-refractivity contribution in [3.05, 3.63) is 47.3 Å². The number of nitrogens with zero attached hydrogens (tertiary/aromatic N) is 4. The van der Waals surface area contributed by atoms with Crippen LogP contribution in [0.5, 0.6) is 0 Å². The monoisotopic (exact) mass is 356 g/mol. The van der Waals surface area contributed by atoms with Gasteiger partial charge in [0.1, 0.15) is 5.82 Å². The zero-order valence-electron chi connectivity index (χ0n) is 15.9. The van der Waals surface area contributed by atoms with Crippen molar-refractivity contribution in [2.75, 3.05) is 26.8 Å². The van der Waals surface area contributed by atoms with Gasteiger partial charge in [-0.25, -0.2) is 4.98 Å². The summed E-state index contributed by atoms with van der Waals surface area (Å²) < 4.78 is 7.44. The minimum Gasteiger partial charge on any atom is -0.383 e. The van der Waals surface area contributed by atoms with Crippen molar-refractivity contribution in [2.24, 2.45) is 5.92 Å². The summed E-state index contributed by atoms with van der Waals surface area (Å²) in [6.45, 7) is 7.11. The predicted octanol–water partition coefficient (Wildman–Crippen LogP) is 2.64. The fraction of sp³-hybridized carbons (Fsp3) is 0.550. The first-order chi connectivity index (χ1) is 12.6. The molecule has 6 heteroatoms. The van der Waals surface area contributed by atoms with E-state index in [-0.39, 0.29) is 5.91 Å². The molecule has 1 amide bonds. The van der Waals surface area contributed by atoms with Crippen LogP contribution < -0.4 is 0 Å². The van der Waals surface area contributed by atoms with E-state index in [1.165, 1.54) is 0 Å². The Morgan fingerprint density at radius 2 is 2.12 bits per heavy atom. The molecule has 0 radical (unpaired) electrons. The fourth-order valence-electron chi connectivity index (χ4n) is 3.61. The van der Waals surface area contributed by atoms with Crippen molar-refractivity contribution in [1.82, 2.24) is 19.4 Å². The molecule has 1 unspecified atom stereocenters. The lowest BCUT2D eigenvalue weighted by molar-refractivity contribution is 0.0671. The largest absolute Gasteiger partial charge is 0.383 e. The molecule has 0 aromatic carbocycles. The first-order valence-electron chi connectivity index (χ1n) is 9.30. The Morgan fingerprint density at radius 1 is 1.27 bits per heavy atom. The highest BCUT2D eigenvalue weighted by Crippen LogP contribution is 2.22. The van der Waals surface area contributed by atoms with Gasteiger partial charge in [-0.05, 0) is 44.7 Å². The lowest BCUT2D eigenvalue weighted by Crippen LogP contribution is -2.40. The summed E-state index contributed by atoms with van der Waals surface area (Å²) >= 11 is 0. The normalized spacial score (nSPS) is 17.5. The topological polar surface area (TPSA) is 60.2 Å². The third-order valence-corrected chi connectivity index (χ3v) is 5.09. The van der Waals surface area contributed by atoms with E-state index in [9.17, 15) is 4.79 Å². The fourth-order valence-corrected chi connectivity index (χ4v) is 3.61. The lowest BCUT2D eigenvalue weighted by Gasteiger charge is -2.33. The molecular weight excluding hydrogens is 328 g/mol. The number of carbonyl (C=O) groups is 1. The van der Waals surface area contributed by atoms with Gasteiger partial charge in [-0.3, -0.25) is 9.78 Å². The van der Waals surface area contributed by atoms with Crippen LogP contribution in [0, 0.1) is 19.8 Å². The van der Waals surface area contributed by atoms with E-state index in [0.717, 1.165) is 56.1 Å². The van der Waals surface area contributed by atoms with Crippen LogP contribution in [0.1, 0.15) is 40.4 Å². The second-order valence-corrected chi connectivity index (χ2v) is 7.11. The van der Waals surface area contributed by atoms with Crippen molar-refractivity contribution < 1.29 is 9.53 Å². The summed E-state index contributed by atoms with van der Waals surface area (Å²) in [5, 5.41) is 0. The lowest BCUT2D eigenvalue weighted by atomic mass is 9.94. The molecule has 0 bridgehead atoms. The molecule has 3 rings (SSSR count). The SMILES string of the molecule is COCCn1c(C)cnc1CC1CCCN(C(=O)c2ccc(C)nc2)C1. The van der Waals surface area contributed by atoms with E-state index in [1.807, 2.05) is 30.2 Å². The first-order valence-corrected chi connectivity index (χ1v) is 9.30. The van der Waals surface area contributed by atoms with Crippen LogP contribution >= 0.6 is 0 Å². The number of amides is 1. The Balaban J connectivity index is 1.65. The zero-order chi connectivity index (χ0) is 18.5. The van der Waals surface area contributed by atoms with Crippen LogP contribution in [0.15, 0.2) is 24.5 Å². The Bertz CT molecular complexity index is 739. The average molecular weight is 356 g/mol. The Hall–Kier alpha value is -2.21. The predicted molar refractivity (Wildman–Crippen MR) is 100 cm³/mol. The third kappa shape index (κ3) is 4.30. The van der Waals surface area contributed by atoms with Crippen molar-refractivity contribution in [2.45, 2.75) is 39.7 Å². The van der Waals surface area contributed by atoms with E-state index in [4.69, 9.17) is 4.74 Å². The van der Waals surface area contributed by atoms with Gasteiger partial charge >= 0.3 is 0 Å². The number of pyridine rings is 1. The van der Waals surface area contributed by atoms with Gasteiger partial charge in [0.25, 0.3) is 5.91 Å². The van der Waals surface area contributed by atoms with E-state index >= 15 is 0 Å². The third-order valence-electron chi connectivity index (χ3n) is 5.09. The van der Waals surface area contributed by atoms with Crippen molar-refractivity contribution in [1.29, 1.82) is 0 Å². The standard InChI is InChI=1S/C20H28N4O2/c1-15-6-7-18(13-21-15)20(25)23-8-4-5-17(14-23)11-19-22-12-16(2)24(19)9-10-26-3/h6-7,12-13,17H,4-5,8-11,14H2,1-3H3. The van der Waals surface area contributed by atoms with Crippen LogP contribution in [0.3, 0.4) is 0 Å². The van der Waals surface area contributed by atoms with Gasteiger partial charge in [0.2, 0.25) is 0 Å². The van der Waals surface area contributed by atoms with Gasteiger partial charge in [-0.15, -0.1) is 0 Å². The van der Waals surface area contributed by atoms with Gasteiger partial charge in [0.05, 0.1) is 12.2 Å². The molecule has 0 N–H and O–H groups in total. The van der Waals surface area contributed by atoms with Crippen LogP contribution in [0.4, 0.5) is 0 Å². The first kappa shape index (κ1) is 18.6. The van der Waals surface area contributed by atoms with Crippen LogP contribution in [-0.4, -0.2) is 52.1 Å². The summed E-state index contributed by atoms with van der Waals surface area (Å²) in [5.74, 6) is 1.62. The van der Waals surface area contributed by atoms with Gasteiger partial charge < -0.3 is 14.2 Å². The maximum Gasteiger partial charge on any atom is 0.255 e. The number of likely N-dealkylation sites (tertiary alicyclic amines) is 1. The quantitative estimate of drug-likeness (QED) is 0.798. The molecule has 3 heterocycles. The van der Waals surface area contributed by atoms with Crippen molar-refractivity contribution >= 4 is 5.91 Å². The summed E-state index contributed by atoms with van der Waals surface area (Å²) in [6, 6.07) is 3.76. The maximum absolute atomic E-state index is 12.8. The van der Waals surface area contributed by atoms with Gasteiger partial charge in [0, 0.05) is 56.9 Å². The number of rotatable bonds is 6. The number of ether oxygens (including phenoxy) is 1. The summed E-state index contributed by atoms with van der Waals surface area (Å²) in [4.78, 5) is 23.6. The maximum atomic E-state index is 12.8. The van der Waals surface area contributed by atoms with E-state index in [0.29, 0.717) is 18.1 Å². The molecule has 0 saturated carbocycles. The van der Waals surface area contributed by atoms with Crippen LogP contribution in [-0.2, 0) is 17.7 Å². The molecule has 1 atom stereocenters. The van der Waals surface area contributed by atoms with Crippen molar-refractivity contribution in [3.63, 3.8) is 0 Å². The smallest absolute Gasteiger partial charge is 0.255 e. The average Bonchev–Trinajstić information content (AvgIpc) is 2.99. The van der Waals surface area contributed by atoms with E-state index in [1.54, 1.807) is 13.3 Å². The molecule has 1 aliphatic heterocycles. The second kappa shape index (κ2) is 8.45. The molecule has 0 spiro atoms. The molecule has 2 aromatic heterocycles. The number of aromatic nitrogens is 3. The van der Waals surface area contributed by atoms with Crippen LogP contribution in [0.2, 0.25) is 0 Å². The molecule has 1 fully saturated rings. The zero-order valence-corrected chi connectivity index (χ0v) is 15.9. The van der Waals surface area contributed by atoms with Crippen molar-refractivity contribution in [3.8, 4) is 0 Å². The number of hydrogen-bond acceptors (Lipinski definition) is 4. The minimum atomic E-state index is 0.0844. The molecule has 26 heavy (non-hydrogen) atoms. The molecule has 2 aromatic rings. The number of hydrogen-bond donors (Lipinski definition) is 0. The molecule has 1 aliphatic rings. The summed E-state index contributed by atoms with van der Waals surface area (Å²) in [6.07, 6.45) is 6.67. The molecule has 0 aliphatic carbocycles. The van der Waals surface area contributed by atoms with Gasteiger partial charge in [-0.1, -0.05) is 0 Å². The Kier molecular flexibility index (Phi) is 6.04.